The van der Waals surface area contributed by atoms with Gasteiger partial charge < -0.3 is 15.2 Å². The Kier molecular flexibility index (Phi) is 4.96. The number of ether oxygens (including phenoxy) is 1. The second kappa shape index (κ2) is 6.93. The molecule has 0 aromatic heterocycles. The van der Waals surface area contributed by atoms with Gasteiger partial charge in [0, 0.05) is 18.6 Å². The van der Waals surface area contributed by atoms with Crippen LogP contribution in [0.3, 0.4) is 0 Å². The van der Waals surface area contributed by atoms with Gasteiger partial charge in [0.25, 0.3) is 5.91 Å². The number of anilines is 1. The average Bonchev–Trinajstić information content (AvgIpc) is 2.95. The van der Waals surface area contributed by atoms with Crippen molar-refractivity contribution in [1.82, 2.24) is 0 Å². The third-order valence-corrected chi connectivity index (χ3v) is 2.87. The van der Waals surface area contributed by atoms with Crippen molar-refractivity contribution in [3.8, 4) is 11.8 Å². The molecule has 1 aromatic rings. The maximum absolute atomic E-state index is 12.0. The first-order valence-electron chi connectivity index (χ1n) is 6.42. The lowest BCUT2D eigenvalue weighted by Crippen LogP contribution is -2.27. The molecule has 0 spiro atoms. The number of benzene rings is 1. The van der Waals surface area contributed by atoms with Crippen LogP contribution in [-0.2, 0) is 9.53 Å². The third kappa shape index (κ3) is 3.82. The molecular formula is C15H17NO3. The number of carbonyl (C=O) groups excluding carboxylic acids is 1. The van der Waals surface area contributed by atoms with E-state index in [4.69, 9.17) is 9.84 Å². The van der Waals surface area contributed by atoms with Crippen LogP contribution in [0.1, 0.15) is 24.8 Å². The van der Waals surface area contributed by atoms with Gasteiger partial charge in [0.2, 0.25) is 0 Å². The Morgan fingerprint density at radius 2 is 2.32 bits per heavy atom. The molecule has 1 fully saturated rings. The number of aliphatic hydroxyl groups excluding tert-OH is 1. The zero-order chi connectivity index (χ0) is 13.5. The van der Waals surface area contributed by atoms with E-state index >= 15 is 0 Å². The van der Waals surface area contributed by atoms with Gasteiger partial charge in [-0.1, -0.05) is 24.0 Å². The molecule has 100 valence electrons. The van der Waals surface area contributed by atoms with E-state index in [1.54, 1.807) is 0 Å². The van der Waals surface area contributed by atoms with Gasteiger partial charge in [0.15, 0.2) is 0 Å². The molecular weight excluding hydrogens is 242 g/mol. The second-order valence-electron chi connectivity index (χ2n) is 4.31. The summed E-state index contributed by atoms with van der Waals surface area (Å²) in [7, 11) is 0. The standard InChI is InChI=1S/C15H17NO3/c17-10-4-3-7-12-6-1-2-8-13(12)16-15(18)14-9-5-11-19-14/h1-2,6,8,14,17H,4-5,9-11H2,(H,16,18). The van der Waals surface area contributed by atoms with E-state index in [0.717, 1.165) is 18.4 Å². The topological polar surface area (TPSA) is 58.6 Å². The minimum Gasteiger partial charge on any atom is -0.395 e. The summed E-state index contributed by atoms with van der Waals surface area (Å²) in [5.74, 6) is 5.68. The van der Waals surface area contributed by atoms with Gasteiger partial charge >= 0.3 is 0 Å². The summed E-state index contributed by atoms with van der Waals surface area (Å²) in [5.41, 5.74) is 1.44. The Hall–Kier alpha value is -1.83. The van der Waals surface area contributed by atoms with Crippen LogP contribution >= 0.6 is 0 Å². The molecule has 4 heteroatoms. The lowest BCUT2D eigenvalue weighted by Gasteiger charge is -2.11. The fourth-order valence-corrected chi connectivity index (χ4v) is 1.91. The van der Waals surface area contributed by atoms with Crippen LogP contribution in [0.5, 0.6) is 0 Å². The van der Waals surface area contributed by atoms with Gasteiger partial charge in [-0.15, -0.1) is 0 Å². The molecule has 4 nitrogen and oxygen atoms in total. The van der Waals surface area contributed by atoms with Crippen LogP contribution in [0.2, 0.25) is 0 Å². The van der Waals surface area contributed by atoms with Crippen molar-refractivity contribution in [2.75, 3.05) is 18.5 Å². The highest BCUT2D eigenvalue weighted by molar-refractivity contribution is 5.95. The molecule has 1 atom stereocenters. The normalized spacial score (nSPS) is 17.6. The molecule has 1 aliphatic rings. The number of hydrogen-bond acceptors (Lipinski definition) is 3. The highest BCUT2D eigenvalue weighted by Gasteiger charge is 2.23. The summed E-state index contributed by atoms with van der Waals surface area (Å²) in [6, 6.07) is 7.37. The Bertz CT molecular complexity index is 496. The van der Waals surface area contributed by atoms with E-state index in [2.05, 4.69) is 17.2 Å². The molecule has 1 heterocycles. The van der Waals surface area contributed by atoms with Gasteiger partial charge in [-0.05, 0) is 25.0 Å². The average molecular weight is 259 g/mol. The predicted molar refractivity (Wildman–Crippen MR) is 72.6 cm³/mol. The number of para-hydroxylation sites is 1. The first-order valence-corrected chi connectivity index (χ1v) is 6.42. The first kappa shape index (κ1) is 13.6. The molecule has 2 rings (SSSR count). The van der Waals surface area contributed by atoms with Crippen molar-refractivity contribution >= 4 is 11.6 Å². The molecule has 0 bridgehead atoms. The van der Waals surface area contributed by atoms with E-state index in [1.807, 2.05) is 24.3 Å². The minimum atomic E-state index is -0.349. The summed E-state index contributed by atoms with van der Waals surface area (Å²) in [4.78, 5) is 12.0. The van der Waals surface area contributed by atoms with E-state index in [1.165, 1.54) is 0 Å². The van der Waals surface area contributed by atoms with Crippen molar-refractivity contribution in [2.24, 2.45) is 0 Å². The van der Waals surface area contributed by atoms with Crippen molar-refractivity contribution in [2.45, 2.75) is 25.4 Å². The predicted octanol–water partition coefficient (Wildman–Crippen LogP) is 1.54. The van der Waals surface area contributed by atoms with Crippen molar-refractivity contribution in [3.63, 3.8) is 0 Å². The lowest BCUT2D eigenvalue weighted by atomic mass is 10.1. The number of rotatable bonds is 3. The third-order valence-electron chi connectivity index (χ3n) is 2.87. The number of nitrogens with one attached hydrogen (secondary N) is 1. The molecule has 0 saturated carbocycles. The van der Waals surface area contributed by atoms with Crippen LogP contribution < -0.4 is 5.32 Å². The molecule has 1 amide bonds. The molecule has 19 heavy (non-hydrogen) atoms. The van der Waals surface area contributed by atoms with E-state index in [-0.39, 0.29) is 18.6 Å². The van der Waals surface area contributed by atoms with E-state index in [0.29, 0.717) is 18.7 Å². The van der Waals surface area contributed by atoms with Crippen LogP contribution in [0.15, 0.2) is 24.3 Å². The molecule has 2 N–H and O–H groups in total. The van der Waals surface area contributed by atoms with Crippen molar-refractivity contribution < 1.29 is 14.6 Å². The Labute approximate surface area is 112 Å². The van der Waals surface area contributed by atoms with Crippen LogP contribution in [-0.4, -0.2) is 30.3 Å². The molecule has 1 unspecified atom stereocenters. The zero-order valence-corrected chi connectivity index (χ0v) is 10.7. The first-order chi connectivity index (χ1) is 9.31. The SMILES string of the molecule is O=C(Nc1ccccc1C#CCCO)C1CCCO1. The minimum absolute atomic E-state index is 0.0391. The number of hydrogen-bond donors (Lipinski definition) is 2. The summed E-state index contributed by atoms with van der Waals surface area (Å²) in [5, 5.41) is 11.6. The van der Waals surface area contributed by atoms with Crippen LogP contribution in [0, 0.1) is 11.8 Å². The summed E-state index contributed by atoms with van der Waals surface area (Å²) >= 11 is 0. The number of aliphatic hydroxyl groups is 1. The van der Waals surface area contributed by atoms with Gasteiger partial charge in [-0.25, -0.2) is 0 Å². The molecule has 1 aromatic carbocycles. The van der Waals surface area contributed by atoms with Crippen molar-refractivity contribution in [3.05, 3.63) is 29.8 Å². The number of carbonyl (C=O) groups is 1. The highest BCUT2D eigenvalue weighted by Crippen LogP contribution is 2.17. The maximum Gasteiger partial charge on any atom is 0.253 e. The molecule has 1 saturated heterocycles. The lowest BCUT2D eigenvalue weighted by molar-refractivity contribution is -0.124. The summed E-state index contributed by atoms with van der Waals surface area (Å²) < 4.78 is 5.34. The van der Waals surface area contributed by atoms with Crippen molar-refractivity contribution in [1.29, 1.82) is 0 Å². The Morgan fingerprint density at radius 1 is 1.47 bits per heavy atom. The largest absolute Gasteiger partial charge is 0.395 e. The molecule has 0 radical (unpaired) electrons. The van der Waals surface area contributed by atoms with Crippen LogP contribution in [0.4, 0.5) is 5.69 Å². The fraction of sp³-hybridized carbons (Fsp3) is 0.400. The van der Waals surface area contributed by atoms with Crippen LogP contribution in [0.25, 0.3) is 0 Å². The van der Waals surface area contributed by atoms with Gasteiger partial charge in [-0.3, -0.25) is 4.79 Å². The zero-order valence-electron chi connectivity index (χ0n) is 10.7. The van der Waals surface area contributed by atoms with Gasteiger partial charge in [0.1, 0.15) is 6.10 Å². The van der Waals surface area contributed by atoms with Gasteiger partial charge in [0.05, 0.1) is 12.3 Å². The smallest absolute Gasteiger partial charge is 0.253 e. The second-order valence-corrected chi connectivity index (χ2v) is 4.31. The summed E-state index contributed by atoms with van der Waals surface area (Å²) in [6.45, 7) is 0.688. The van der Waals surface area contributed by atoms with E-state index in [9.17, 15) is 4.79 Å². The van der Waals surface area contributed by atoms with E-state index < -0.39 is 0 Å². The fourth-order valence-electron chi connectivity index (χ4n) is 1.91. The highest BCUT2D eigenvalue weighted by atomic mass is 16.5. The number of amides is 1. The molecule has 0 aliphatic carbocycles. The Morgan fingerprint density at radius 3 is 3.05 bits per heavy atom. The monoisotopic (exact) mass is 259 g/mol. The maximum atomic E-state index is 12.0. The van der Waals surface area contributed by atoms with Gasteiger partial charge in [-0.2, -0.15) is 0 Å². The quantitative estimate of drug-likeness (QED) is 0.809. The molecule has 1 aliphatic heterocycles. The Balaban J connectivity index is 2.07. The summed E-state index contributed by atoms with van der Waals surface area (Å²) in [6.07, 6.45) is 1.77.